The monoisotopic (exact) mass is 180 g/mol. The van der Waals surface area contributed by atoms with Gasteiger partial charge in [-0.25, -0.2) is 9.97 Å². The summed E-state index contributed by atoms with van der Waals surface area (Å²) in [5, 5.41) is 1.50. The third-order valence-electron chi connectivity index (χ3n) is 1.04. The minimum Gasteiger partial charge on any atom is -0.351 e. The number of H-pyrrole nitrogens is 2. The van der Waals surface area contributed by atoms with Gasteiger partial charge in [0.1, 0.15) is 5.82 Å². The lowest BCUT2D eigenvalue weighted by Crippen LogP contribution is -1.76. The van der Waals surface area contributed by atoms with Crippen LogP contribution in [0.5, 0.6) is 0 Å². The van der Waals surface area contributed by atoms with Crippen molar-refractivity contribution in [2.45, 2.75) is 0 Å². The van der Waals surface area contributed by atoms with Crippen molar-refractivity contribution in [2.75, 3.05) is 0 Å². The third kappa shape index (κ3) is 3.07. The van der Waals surface area contributed by atoms with Gasteiger partial charge in [-0.15, -0.1) is 0 Å². The van der Waals surface area contributed by atoms with Gasteiger partial charge in [0, 0.05) is 30.2 Å². The fourth-order valence-corrected chi connectivity index (χ4v) is 0.686. The highest BCUT2D eigenvalue weighted by molar-refractivity contribution is 7.79. The number of hydrogen-bond donors (Lipinski definition) is 2. The number of rotatable bonds is 1. The fraction of sp³-hybridized carbons (Fsp3) is 0. The van der Waals surface area contributed by atoms with Crippen LogP contribution >= 0.6 is 12.2 Å². The van der Waals surface area contributed by atoms with E-state index in [0.717, 1.165) is 5.82 Å². The molecule has 2 heterocycles. The van der Waals surface area contributed by atoms with E-state index in [4.69, 9.17) is 0 Å². The summed E-state index contributed by atoms with van der Waals surface area (Å²) in [5.41, 5.74) is 0. The summed E-state index contributed by atoms with van der Waals surface area (Å²) in [4.78, 5) is 13.1. The highest BCUT2D eigenvalue weighted by Gasteiger charge is 1.79. The Morgan fingerprint density at radius 3 is 2.50 bits per heavy atom. The molecule has 4 nitrogen and oxygen atoms in total. The maximum absolute atomic E-state index is 4.55. The van der Waals surface area contributed by atoms with Crippen molar-refractivity contribution in [1.82, 2.24) is 19.9 Å². The van der Waals surface area contributed by atoms with Gasteiger partial charge in [-0.2, -0.15) is 0 Å². The lowest BCUT2D eigenvalue weighted by Gasteiger charge is -1.71. The molecule has 12 heavy (non-hydrogen) atoms. The average molecular weight is 180 g/mol. The molecule has 0 saturated carbocycles. The second-order valence-corrected chi connectivity index (χ2v) is 2.09. The first-order chi connectivity index (χ1) is 5.93. The molecule has 2 rings (SSSR count). The van der Waals surface area contributed by atoms with Crippen LogP contribution in [0.3, 0.4) is 0 Å². The highest BCUT2D eigenvalue weighted by Crippen LogP contribution is 1.79. The van der Waals surface area contributed by atoms with Crippen molar-refractivity contribution in [3.8, 4) is 0 Å². The number of imidazole rings is 2. The second-order valence-electron chi connectivity index (χ2n) is 1.85. The van der Waals surface area contributed by atoms with Crippen LogP contribution in [0.2, 0.25) is 0 Å². The predicted octanol–water partition coefficient (Wildman–Crippen LogP) is 1.17. The molecule has 0 spiro atoms. The first-order valence-corrected chi connectivity index (χ1v) is 3.78. The van der Waals surface area contributed by atoms with Gasteiger partial charge in [-0.05, 0) is 0 Å². The fourth-order valence-electron chi connectivity index (χ4n) is 0.557. The highest BCUT2D eigenvalue weighted by atomic mass is 32.1. The SMILES string of the molecule is S=Cc1ncc[nH]1.c1c[nH]cn1. The third-order valence-corrected chi connectivity index (χ3v) is 1.26. The van der Waals surface area contributed by atoms with Gasteiger partial charge < -0.3 is 9.97 Å². The topological polar surface area (TPSA) is 57.4 Å². The summed E-state index contributed by atoms with van der Waals surface area (Å²) >= 11 is 4.55. The zero-order valence-electron chi connectivity index (χ0n) is 6.27. The van der Waals surface area contributed by atoms with E-state index in [9.17, 15) is 0 Å². The normalized spacial score (nSPS) is 8.33. The van der Waals surface area contributed by atoms with Crippen LogP contribution in [0.25, 0.3) is 0 Å². The van der Waals surface area contributed by atoms with Gasteiger partial charge in [-0.1, -0.05) is 12.2 Å². The number of nitrogens with zero attached hydrogens (tertiary/aromatic N) is 2. The Bertz CT molecular complexity index is 270. The Kier molecular flexibility index (Phi) is 3.73. The number of nitrogens with one attached hydrogen (secondary N) is 2. The van der Waals surface area contributed by atoms with Crippen LogP contribution < -0.4 is 0 Å². The summed E-state index contributed by atoms with van der Waals surface area (Å²) in [5.74, 6) is 0.745. The van der Waals surface area contributed by atoms with Crippen molar-refractivity contribution in [2.24, 2.45) is 0 Å². The Morgan fingerprint density at radius 1 is 1.33 bits per heavy atom. The molecule has 0 radical (unpaired) electrons. The quantitative estimate of drug-likeness (QED) is 0.648. The van der Waals surface area contributed by atoms with Gasteiger partial charge in [-0.3, -0.25) is 0 Å². The molecule has 2 aromatic rings. The van der Waals surface area contributed by atoms with Crippen molar-refractivity contribution in [1.29, 1.82) is 0 Å². The molecule has 0 atom stereocenters. The first-order valence-electron chi connectivity index (χ1n) is 3.31. The molecule has 0 aromatic carbocycles. The van der Waals surface area contributed by atoms with E-state index >= 15 is 0 Å². The molecule has 0 fully saturated rings. The van der Waals surface area contributed by atoms with Crippen LogP contribution in [-0.2, 0) is 0 Å². The summed E-state index contributed by atoms with van der Waals surface area (Å²) in [6.45, 7) is 0. The standard InChI is InChI=1S/C4H4N2S.C3H4N2/c7-3-4-5-1-2-6-4;1-2-5-3-4-1/h1-3H,(H,5,6);1-3H,(H,4,5). The molecule has 62 valence electrons. The minimum atomic E-state index is 0.745. The largest absolute Gasteiger partial charge is 0.351 e. The number of aromatic amines is 2. The van der Waals surface area contributed by atoms with E-state index in [2.05, 4.69) is 32.2 Å². The Morgan fingerprint density at radius 2 is 2.25 bits per heavy atom. The molecular formula is C7H8N4S. The van der Waals surface area contributed by atoms with Crippen molar-refractivity contribution in [3.05, 3.63) is 36.9 Å². The van der Waals surface area contributed by atoms with E-state index in [1.165, 1.54) is 5.37 Å². The second kappa shape index (κ2) is 5.20. The first kappa shape index (κ1) is 8.61. The van der Waals surface area contributed by atoms with Crippen LogP contribution in [0.4, 0.5) is 0 Å². The van der Waals surface area contributed by atoms with Gasteiger partial charge in [0.15, 0.2) is 0 Å². The molecule has 0 aliphatic carbocycles. The molecule has 0 aliphatic rings. The van der Waals surface area contributed by atoms with Crippen molar-refractivity contribution < 1.29 is 0 Å². The Hall–Kier alpha value is -1.49. The molecular weight excluding hydrogens is 172 g/mol. The maximum atomic E-state index is 4.55. The van der Waals surface area contributed by atoms with Crippen LogP contribution in [0.1, 0.15) is 5.82 Å². The molecule has 0 bridgehead atoms. The van der Waals surface area contributed by atoms with E-state index in [1.54, 1.807) is 31.1 Å². The molecule has 2 aromatic heterocycles. The average Bonchev–Trinajstić information content (AvgIpc) is 2.81. The summed E-state index contributed by atoms with van der Waals surface area (Å²) in [7, 11) is 0. The van der Waals surface area contributed by atoms with Crippen molar-refractivity contribution >= 4 is 17.6 Å². The summed E-state index contributed by atoms with van der Waals surface area (Å²) in [6.07, 6.45) is 8.48. The maximum Gasteiger partial charge on any atom is 0.140 e. The predicted molar refractivity (Wildman–Crippen MR) is 49.9 cm³/mol. The number of hydrogen-bond acceptors (Lipinski definition) is 3. The van der Waals surface area contributed by atoms with Crippen LogP contribution in [-0.4, -0.2) is 25.3 Å². The van der Waals surface area contributed by atoms with Gasteiger partial charge in [0.2, 0.25) is 0 Å². The Balaban J connectivity index is 0.000000127. The van der Waals surface area contributed by atoms with Crippen LogP contribution in [0, 0.1) is 0 Å². The minimum absolute atomic E-state index is 0.745. The molecule has 0 aliphatic heterocycles. The molecule has 2 N–H and O–H groups in total. The lowest BCUT2D eigenvalue weighted by molar-refractivity contribution is 1.29. The zero-order valence-corrected chi connectivity index (χ0v) is 7.08. The van der Waals surface area contributed by atoms with Gasteiger partial charge in [0.05, 0.1) is 6.33 Å². The van der Waals surface area contributed by atoms with E-state index in [1.807, 2.05) is 0 Å². The van der Waals surface area contributed by atoms with E-state index in [-0.39, 0.29) is 0 Å². The van der Waals surface area contributed by atoms with Crippen LogP contribution in [0.15, 0.2) is 31.1 Å². The molecule has 0 amide bonds. The molecule has 0 saturated heterocycles. The van der Waals surface area contributed by atoms with E-state index < -0.39 is 0 Å². The smallest absolute Gasteiger partial charge is 0.140 e. The van der Waals surface area contributed by atoms with Gasteiger partial charge in [0.25, 0.3) is 0 Å². The van der Waals surface area contributed by atoms with E-state index in [0.29, 0.717) is 0 Å². The Labute approximate surface area is 75.1 Å². The summed E-state index contributed by atoms with van der Waals surface area (Å²) in [6, 6.07) is 0. The lowest BCUT2D eigenvalue weighted by atomic mass is 10.7. The molecule has 0 unspecified atom stereocenters. The molecule has 5 heteroatoms. The van der Waals surface area contributed by atoms with Gasteiger partial charge >= 0.3 is 0 Å². The number of thiocarbonyl (C=S) groups is 1. The zero-order chi connectivity index (χ0) is 8.65. The number of aromatic nitrogens is 4. The van der Waals surface area contributed by atoms with Crippen molar-refractivity contribution in [3.63, 3.8) is 0 Å². The summed E-state index contributed by atoms with van der Waals surface area (Å²) < 4.78 is 0.